The van der Waals surface area contributed by atoms with Gasteiger partial charge in [-0.25, -0.2) is 17.9 Å². The van der Waals surface area contributed by atoms with Crippen molar-refractivity contribution in [1.29, 1.82) is 0 Å². The van der Waals surface area contributed by atoms with E-state index in [1.165, 1.54) is 31.3 Å². The van der Waals surface area contributed by atoms with Crippen molar-refractivity contribution >= 4 is 54.1 Å². The number of nitrogens with zero attached hydrogens (tertiary/aromatic N) is 1. The van der Waals surface area contributed by atoms with Crippen molar-refractivity contribution in [1.82, 2.24) is 4.72 Å². The Bertz CT molecular complexity index is 1080. The van der Waals surface area contributed by atoms with E-state index in [4.69, 9.17) is 14.7 Å². The summed E-state index contributed by atoms with van der Waals surface area (Å²) in [5, 5.41) is 22.4. The summed E-state index contributed by atoms with van der Waals surface area (Å²) in [6.45, 7) is 4.69. The molecule has 168 valence electrons. The van der Waals surface area contributed by atoms with Crippen LogP contribution in [0.3, 0.4) is 0 Å². The molecule has 0 aliphatic heterocycles. The summed E-state index contributed by atoms with van der Waals surface area (Å²) >= 11 is 6.75. The van der Waals surface area contributed by atoms with Gasteiger partial charge in [0.25, 0.3) is 0 Å². The minimum atomic E-state index is -3.93. The Morgan fingerprint density at radius 2 is 1.77 bits per heavy atom. The van der Waals surface area contributed by atoms with Crippen molar-refractivity contribution in [3.8, 4) is 17.2 Å². The molecule has 0 aliphatic rings. The lowest BCUT2D eigenvalue weighted by Gasteiger charge is -2.14. The summed E-state index contributed by atoms with van der Waals surface area (Å²) in [6.07, 6.45) is 0.248. The van der Waals surface area contributed by atoms with Gasteiger partial charge >= 0.3 is 5.97 Å². The molecule has 31 heavy (non-hydrogen) atoms. The number of carboxylic acid groups (broad SMARTS) is 1. The fraction of sp³-hybridized carbons (Fsp3) is 0.263. The first-order valence-electron chi connectivity index (χ1n) is 8.85. The number of rotatable bonds is 9. The first kappa shape index (κ1) is 25.1. The van der Waals surface area contributed by atoms with Crippen LogP contribution in [0.15, 0.2) is 49.3 Å². The highest BCUT2D eigenvalue weighted by Gasteiger charge is 2.21. The maximum atomic E-state index is 12.4. The lowest BCUT2D eigenvalue weighted by atomic mass is 10.2. The molecule has 0 spiro atoms. The van der Waals surface area contributed by atoms with Crippen molar-refractivity contribution in [2.24, 2.45) is 5.16 Å². The number of ether oxygens (including phenoxy) is 1. The van der Waals surface area contributed by atoms with Gasteiger partial charge in [-0.2, -0.15) is 0 Å². The van der Waals surface area contributed by atoms with Gasteiger partial charge in [0.1, 0.15) is 16.4 Å². The molecule has 0 amide bonds. The van der Waals surface area contributed by atoms with Crippen molar-refractivity contribution in [3.63, 3.8) is 0 Å². The topological polar surface area (TPSA) is 135 Å². The molecule has 0 bridgehead atoms. The number of nitrogens with one attached hydrogen (secondary N) is 1. The number of halogens is 2. The summed E-state index contributed by atoms with van der Waals surface area (Å²) < 4.78 is 34.1. The van der Waals surface area contributed by atoms with Crippen LogP contribution in [0.4, 0.5) is 0 Å². The maximum Gasteiger partial charge on any atom is 0.347 e. The van der Waals surface area contributed by atoms with Gasteiger partial charge in [-0.15, -0.1) is 0 Å². The molecule has 2 rings (SSSR count). The van der Waals surface area contributed by atoms with Gasteiger partial charge in [0.2, 0.25) is 16.1 Å². The van der Waals surface area contributed by atoms with Crippen molar-refractivity contribution < 1.29 is 33.0 Å². The smallest absolute Gasteiger partial charge is 0.347 e. The Kier molecular flexibility index (Phi) is 8.46. The Morgan fingerprint density at radius 1 is 1.16 bits per heavy atom. The van der Waals surface area contributed by atoms with E-state index in [-0.39, 0.29) is 16.7 Å². The molecule has 0 fully saturated rings. The van der Waals surface area contributed by atoms with Crippen LogP contribution in [0, 0.1) is 0 Å². The fourth-order valence-electron chi connectivity index (χ4n) is 2.24. The molecule has 0 aromatic heterocycles. The summed E-state index contributed by atoms with van der Waals surface area (Å²) in [7, 11) is -3.93. The molecular weight excluding hydrogens is 560 g/mol. The van der Waals surface area contributed by atoms with Gasteiger partial charge in [0, 0.05) is 12.1 Å². The van der Waals surface area contributed by atoms with Crippen molar-refractivity contribution in [2.75, 3.05) is 0 Å². The quantitative estimate of drug-likeness (QED) is 0.299. The summed E-state index contributed by atoms with van der Waals surface area (Å²) in [4.78, 5) is 15.3. The molecule has 2 aromatic rings. The van der Waals surface area contributed by atoms with Gasteiger partial charge in [0.05, 0.1) is 15.2 Å². The zero-order valence-corrected chi connectivity index (χ0v) is 20.7. The molecule has 9 nitrogen and oxygen atoms in total. The van der Waals surface area contributed by atoms with Crippen LogP contribution in [0.25, 0.3) is 0 Å². The van der Waals surface area contributed by atoms with E-state index < -0.39 is 27.8 Å². The molecular formula is C19H20Br2N2O7S. The van der Waals surface area contributed by atoms with Crippen LogP contribution in [-0.4, -0.2) is 43.0 Å². The molecule has 0 saturated carbocycles. The number of sulfonamides is 1. The number of carbonyl (C=O) groups is 1. The van der Waals surface area contributed by atoms with Gasteiger partial charge in [-0.05, 0) is 82.5 Å². The summed E-state index contributed by atoms with van der Waals surface area (Å²) in [5.74, 6) is -1.01. The molecule has 3 N–H and O–H groups in total. The van der Waals surface area contributed by atoms with Crippen LogP contribution in [0.5, 0.6) is 17.2 Å². The molecule has 2 aromatic carbocycles. The molecule has 0 heterocycles. The van der Waals surface area contributed by atoms with Crippen LogP contribution in [-0.2, 0) is 19.7 Å². The molecule has 12 heteroatoms. The van der Waals surface area contributed by atoms with E-state index in [2.05, 4.69) is 41.7 Å². The SMILES string of the molecule is CC(C)NS(=O)(=O)c1cc(Oc2c(Br)cc(/C=N\OC(C)C(=O)O)cc2Br)ccc1O. The Labute approximate surface area is 196 Å². The van der Waals surface area contributed by atoms with Crippen LogP contribution in [0.2, 0.25) is 0 Å². The van der Waals surface area contributed by atoms with E-state index in [1.807, 2.05) is 0 Å². The third kappa shape index (κ3) is 6.92. The van der Waals surface area contributed by atoms with E-state index in [1.54, 1.807) is 26.0 Å². The highest BCUT2D eigenvalue weighted by atomic mass is 79.9. The second kappa shape index (κ2) is 10.4. The maximum absolute atomic E-state index is 12.4. The average Bonchev–Trinajstić information content (AvgIpc) is 2.64. The largest absolute Gasteiger partial charge is 0.507 e. The number of phenols is 1. The number of aromatic hydroxyl groups is 1. The van der Waals surface area contributed by atoms with E-state index in [0.29, 0.717) is 20.3 Å². The van der Waals surface area contributed by atoms with Crippen LogP contribution < -0.4 is 9.46 Å². The number of phenolic OH excluding ortho intramolecular Hbond substituents is 1. The average molecular weight is 580 g/mol. The standard InChI is InChI=1S/C19H20Br2N2O7S/c1-10(2)23-31(27,28)17-8-13(4-5-16(17)24)29-18-14(20)6-12(7-15(18)21)9-22-30-11(3)19(25)26/h4-11,23-24H,1-3H3,(H,25,26)/b22-9-. The third-order valence-corrected chi connectivity index (χ3v) is 6.49. The van der Waals surface area contributed by atoms with E-state index >= 15 is 0 Å². The minimum absolute atomic E-state index is 0.184. The number of hydrogen-bond acceptors (Lipinski definition) is 7. The van der Waals surface area contributed by atoms with Gasteiger partial charge in [-0.3, -0.25) is 0 Å². The predicted octanol–water partition coefficient (Wildman–Crippen LogP) is 4.22. The molecule has 0 radical (unpaired) electrons. The zero-order valence-electron chi connectivity index (χ0n) is 16.7. The Hall–Kier alpha value is -2.15. The highest BCUT2D eigenvalue weighted by molar-refractivity contribution is 9.11. The molecule has 1 unspecified atom stereocenters. The Morgan fingerprint density at radius 3 is 2.32 bits per heavy atom. The summed E-state index contributed by atoms with van der Waals surface area (Å²) in [5.41, 5.74) is 0.582. The number of aliphatic carboxylic acids is 1. The zero-order chi connectivity index (χ0) is 23.3. The first-order valence-corrected chi connectivity index (χ1v) is 11.9. The predicted molar refractivity (Wildman–Crippen MR) is 121 cm³/mol. The van der Waals surface area contributed by atoms with Crippen LogP contribution >= 0.6 is 31.9 Å². The van der Waals surface area contributed by atoms with E-state index in [9.17, 15) is 18.3 Å². The highest BCUT2D eigenvalue weighted by Crippen LogP contribution is 2.39. The number of oxime groups is 1. The van der Waals surface area contributed by atoms with Crippen molar-refractivity contribution in [2.45, 2.75) is 37.8 Å². The third-order valence-electron chi connectivity index (χ3n) is 3.62. The monoisotopic (exact) mass is 578 g/mol. The van der Waals surface area contributed by atoms with Gasteiger partial charge < -0.3 is 19.8 Å². The molecule has 0 saturated heterocycles. The number of carboxylic acids is 1. The summed E-state index contributed by atoms with van der Waals surface area (Å²) in [6, 6.07) is 6.82. The second-order valence-corrected chi connectivity index (χ2v) is 10.0. The molecule has 1 atom stereocenters. The second-order valence-electron chi connectivity index (χ2n) is 6.64. The first-order chi connectivity index (χ1) is 14.4. The Balaban J connectivity index is 2.28. The lowest BCUT2D eigenvalue weighted by Crippen LogP contribution is -2.30. The fourth-order valence-corrected chi connectivity index (χ4v) is 4.99. The number of hydrogen-bond donors (Lipinski definition) is 3. The van der Waals surface area contributed by atoms with Gasteiger partial charge in [0.15, 0.2) is 5.75 Å². The lowest BCUT2D eigenvalue weighted by molar-refractivity contribution is -0.149. The minimum Gasteiger partial charge on any atom is -0.507 e. The van der Waals surface area contributed by atoms with Crippen LogP contribution in [0.1, 0.15) is 26.3 Å². The number of benzene rings is 2. The van der Waals surface area contributed by atoms with E-state index in [0.717, 1.165) is 0 Å². The van der Waals surface area contributed by atoms with Crippen molar-refractivity contribution in [3.05, 3.63) is 44.8 Å². The molecule has 0 aliphatic carbocycles. The normalized spacial score (nSPS) is 12.8. The van der Waals surface area contributed by atoms with Gasteiger partial charge in [-0.1, -0.05) is 5.16 Å².